The third-order valence-corrected chi connectivity index (χ3v) is 11.3. The SMILES string of the molecule is C#C/C=C\C=C/CC1(c2ccccc2O)c2ccccc2-c2c1ccc1c3cccc(-c4ccccc4)c3n(-c3nc(-c4ccccc4)nc(-c4ccccc4)n3)c21. The molecule has 58 heavy (non-hydrogen) atoms. The minimum absolute atomic E-state index is 0.238. The highest BCUT2D eigenvalue weighted by atomic mass is 16.3. The van der Waals surface area contributed by atoms with Crippen LogP contribution in [0, 0.1) is 12.3 Å². The van der Waals surface area contributed by atoms with E-state index >= 15 is 0 Å². The zero-order chi connectivity index (χ0) is 39.1. The van der Waals surface area contributed by atoms with Crippen LogP contribution in [0.1, 0.15) is 23.1 Å². The van der Waals surface area contributed by atoms with Gasteiger partial charge >= 0.3 is 0 Å². The second-order valence-corrected chi connectivity index (χ2v) is 14.4. The summed E-state index contributed by atoms with van der Waals surface area (Å²) in [5.41, 5.74) is 10.4. The van der Waals surface area contributed by atoms with Gasteiger partial charge < -0.3 is 5.11 Å². The first-order valence-electron chi connectivity index (χ1n) is 19.4. The van der Waals surface area contributed by atoms with Gasteiger partial charge in [-0.15, -0.1) is 6.42 Å². The van der Waals surface area contributed by atoms with Crippen molar-refractivity contribution in [1.82, 2.24) is 19.5 Å². The molecule has 5 nitrogen and oxygen atoms in total. The minimum Gasteiger partial charge on any atom is -0.508 e. The summed E-state index contributed by atoms with van der Waals surface area (Å²) in [5, 5.41) is 13.9. The first-order valence-corrected chi connectivity index (χ1v) is 19.4. The normalized spacial score (nSPS) is 14.6. The van der Waals surface area contributed by atoms with E-state index in [1.54, 1.807) is 12.1 Å². The molecule has 274 valence electrons. The second kappa shape index (κ2) is 14.4. The van der Waals surface area contributed by atoms with Gasteiger partial charge in [-0.3, -0.25) is 4.57 Å². The predicted octanol–water partition coefficient (Wildman–Crippen LogP) is 12.1. The summed E-state index contributed by atoms with van der Waals surface area (Å²) in [6, 6.07) is 58.0. The van der Waals surface area contributed by atoms with Crippen molar-refractivity contribution in [2.24, 2.45) is 0 Å². The molecule has 1 N–H and O–H groups in total. The first kappa shape index (κ1) is 34.7. The molecule has 0 amide bonds. The van der Waals surface area contributed by atoms with Gasteiger partial charge in [0.05, 0.1) is 16.4 Å². The standard InChI is InChI=1S/C53H36N4O/c1-2-3-4-5-19-35-53(44-31-17-18-32-46(44)58)43-30-16-15-27-42(43)47-45(53)34-33-41-40-29-20-28-39(36-21-9-6-10-22-36)48(40)57(49(41)47)52-55-50(37-23-11-7-12-24-37)54-51(56-52)38-25-13-8-14-26-38/h1,3-34,58H,35H2/b4-3-,19-5-. The number of benzene rings is 7. The van der Waals surface area contributed by atoms with Crippen molar-refractivity contribution in [2.75, 3.05) is 0 Å². The van der Waals surface area contributed by atoms with Gasteiger partial charge in [0.15, 0.2) is 11.6 Å². The average molecular weight is 745 g/mol. The smallest absolute Gasteiger partial charge is 0.238 e. The fourth-order valence-electron chi connectivity index (χ4n) is 8.84. The van der Waals surface area contributed by atoms with Crippen LogP contribution < -0.4 is 0 Å². The summed E-state index contributed by atoms with van der Waals surface area (Å²) in [6.45, 7) is 0. The lowest BCUT2D eigenvalue weighted by molar-refractivity contribution is 0.454. The Morgan fingerprint density at radius 2 is 1.12 bits per heavy atom. The highest BCUT2D eigenvalue weighted by Crippen LogP contribution is 2.59. The van der Waals surface area contributed by atoms with Crippen LogP contribution in [0.5, 0.6) is 5.75 Å². The fraction of sp³-hybridized carbons (Fsp3) is 0.0377. The van der Waals surface area contributed by atoms with E-state index in [0.29, 0.717) is 24.0 Å². The summed E-state index contributed by atoms with van der Waals surface area (Å²) < 4.78 is 2.26. The number of nitrogens with zero attached hydrogens (tertiary/aromatic N) is 4. The van der Waals surface area contributed by atoms with Crippen molar-refractivity contribution < 1.29 is 5.11 Å². The molecule has 7 aromatic carbocycles. The van der Waals surface area contributed by atoms with Crippen molar-refractivity contribution in [3.05, 3.63) is 211 Å². The first-order chi connectivity index (χ1) is 28.7. The number of aromatic nitrogens is 4. The number of hydrogen-bond acceptors (Lipinski definition) is 4. The molecule has 10 rings (SSSR count). The Balaban J connectivity index is 1.38. The summed E-state index contributed by atoms with van der Waals surface area (Å²) in [5.74, 6) is 4.50. The highest BCUT2D eigenvalue weighted by Gasteiger charge is 2.46. The largest absolute Gasteiger partial charge is 0.508 e. The minimum atomic E-state index is -0.737. The molecular formula is C53H36N4O. The molecule has 0 radical (unpaired) electrons. The van der Waals surface area contributed by atoms with E-state index in [1.165, 1.54) is 0 Å². The van der Waals surface area contributed by atoms with Crippen LogP contribution in [0.15, 0.2) is 194 Å². The van der Waals surface area contributed by atoms with E-state index in [1.807, 2.05) is 97.1 Å². The maximum Gasteiger partial charge on any atom is 0.238 e. The Morgan fingerprint density at radius 3 is 1.79 bits per heavy atom. The maximum atomic E-state index is 11.7. The van der Waals surface area contributed by atoms with E-state index in [9.17, 15) is 5.11 Å². The number of fused-ring (bicyclic) bond motifs is 7. The predicted molar refractivity (Wildman–Crippen MR) is 236 cm³/mol. The van der Waals surface area contributed by atoms with E-state index in [4.69, 9.17) is 21.4 Å². The van der Waals surface area contributed by atoms with Gasteiger partial charge in [-0.05, 0) is 40.8 Å². The number of phenolic OH excluding ortho intramolecular Hbond substituents is 1. The third-order valence-electron chi connectivity index (χ3n) is 11.3. The number of aromatic hydroxyl groups is 1. The molecular weight excluding hydrogens is 709 g/mol. The van der Waals surface area contributed by atoms with Gasteiger partial charge in [-0.1, -0.05) is 188 Å². The van der Waals surface area contributed by atoms with Crippen molar-refractivity contribution >= 4 is 21.8 Å². The molecule has 0 fully saturated rings. The van der Waals surface area contributed by atoms with Crippen molar-refractivity contribution in [2.45, 2.75) is 11.8 Å². The molecule has 0 spiro atoms. The van der Waals surface area contributed by atoms with Crippen LogP contribution in [-0.2, 0) is 5.41 Å². The van der Waals surface area contributed by atoms with E-state index in [2.05, 4.69) is 95.4 Å². The van der Waals surface area contributed by atoms with Crippen LogP contribution in [0.25, 0.3) is 72.8 Å². The molecule has 1 aliphatic rings. The van der Waals surface area contributed by atoms with Crippen molar-refractivity contribution in [1.29, 1.82) is 0 Å². The van der Waals surface area contributed by atoms with Gasteiger partial charge in [0, 0.05) is 38.6 Å². The lowest BCUT2D eigenvalue weighted by atomic mass is 9.69. The molecule has 0 aliphatic heterocycles. The monoisotopic (exact) mass is 744 g/mol. The van der Waals surface area contributed by atoms with Gasteiger partial charge in [0.2, 0.25) is 5.95 Å². The summed E-state index contributed by atoms with van der Waals surface area (Å²) in [6.07, 6.45) is 13.8. The molecule has 1 atom stereocenters. The number of allylic oxidation sites excluding steroid dienone is 4. The van der Waals surface area contributed by atoms with E-state index in [-0.39, 0.29) is 5.75 Å². The Bertz CT molecular complexity index is 3050. The topological polar surface area (TPSA) is 63.8 Å². The average Bonchev–Trinajstić information content (AvgIpc) is 3.78. The number of rotatable bonds is 8. The zero-order valence-corrected chi connectivity index (χ0v) is 31.5. The van der Waals surface area contributed by atoms with Crippen LogP contribution in [0.2, 0.25) is 0 Å². The molecule has 0 saturated carbocycles. The fourth-order valence-corrected chi connectivity index (χ4v) is 8.84. The van der Waals surface area contributed by atoms with Crippen LogP contribution in [0.4, 0.5) is 0 Å². The van der Waals surface area contributed by atoms with Gasteiger partial charge in [-0.25, -0.2) is 4.98 Å². The van der Waals surface area contributed by atoms with Gasteiger partial charge in [0.25, 0.3) is 0 Å². The number of phenols is 1. The molecule has 9 aromatic rings. The summed E-state index contributed by atoms with van der Waals surface area (Å²) >= 11 is 0. The van der Waals surface area contributed by atoms with Crippen LogP contribution in [0.3, 0.4) is 0 Å². The van der Waals surface area contributed by atoms with Gasteiger partial charge in [0.1, 0.15) is 5.75 Å². The zero-order valence-electron chi connectivity index (χ0n) is 31.5. The number of hydrogen-bond donors (Lipinski definition) is 1. The molecule has 2 heterocycles. The Labute approximate surface area is 337 Å². The molecule has 0 bridgehead atoms. The van der Waals surface area contributed by atoms with Gasteiger partial charge in [-0.2, -0.15) is 9.97 Å². The molecule has 1 aliphatic carbocycles. The Morgan fingerprint density at radius 1 is 0.534 bits per heavy atom. The maximum absolute atomic E-state index is 11.7. The third kappa shape index (κ3) is 5.54. The lowest BCUT2D eigenvalue weighted by Crippen LogP contribution is -2.26. The van der Waals surface area contributed by atoms with Crippen molar-refractivity contribution in [3.63, 3.8) is 0 Å². The second-order valence-electron chi connectivity index (χ2n) is 14.4. The Kier molecular flexibility index (Phi) is 8.58. The van der Waals surface area contributed by atoms with E-state index < -0.39 is 5.41 Å². The molecule has 1 unspecified atom stereocenters. The van der Waals surface area contributed by atoms with E-state index in [0.717, 1.165) is 71.9 Å². The number of para-hydroxylation sites is 2. The summed E-state index contributed by atoms with van der Waals surface area (Å²) in [4.78, 5) is 15.8. The quantitative estimate of drug-likeness (QED) is 0.124. The molecule has 2 aromatic heterocycles. The van der Waals surface area contributed by atoms with Crippen molar-refractivity contribution in [3.8, 4) is 69.1 Å². The molecule has 0 saturated heterocycles. The lowest BCUT2D eigenvalue weighted by Gasteiger charge is -2.32. The molecule has 5 heteroatoms. The number of terminal acetylenes is 1. The van der Waals surface area contributed by atoms with Crippen LogP contribution >= 0.6 is 0 Å². The van der Waals surface area contributed by atoms with Crippen LogP contribution in [-0.4, -0.2) is 24.6 Å². The Hall–Kier alpha value is -7.81. The summed E-state index contributed by atoms with van der Waals surface area (Å²) in [7, 11) is 0. The highest BCUT2D eigenvalue weighted by molar-refractivity contribution is 6.18.